The number of aryl methyl sites for hydroxylation is 1. The van der Waals surface area contributed by atoms with Gasteiger partial charge >= 0.3 is 0 Å². The number of hydrogen-bond donors (Lipinski definition) is 3. The molecule has 0 unspecified atom stereocenters. The zero-order chi connectivity index (χ0) is 26.2. The van der Waals surface area contributed by atoms with Crippen LogP contribution in [0.4, 0.5) is 5.69 Å². The highest BCUT2D eigenvalue weighted by atomic mass is 16.2. The Balaban J connectivity index is 1.82. The molecule has 1 fully saturated rings. The summed E-state index contributed by atoms with van der Waals surface area (Å²) in [7, 11) is 1.81. The highest BCUT2D eigenvalue weighted by Gasteiger charge is 2.44. The first-order valence-electron chi connectivity index (χ1n) is 11.3. The quantitative estimate of drug-likeness (QED) is 0.373. The van der Waals surface area contributed by atoms with Crippen molar-refractivity contribution in [2.24, 2.45) is 17.8 Å². The number of nitrogens with two attached hydrogens (primary N) is 1. The number of anilines is 1. The van der Waals surface area contributed by atoms with Crippen molar-refractivity contribution in [2.45, 2.75) is 26.3 Å². The molecule has 1 saturated heterocycles. The number of H-pyrrole nitrogens is 1. The van der Waals surface area contributed by atoms with Crippen molar-refractivity contribution >= 4 is 29.7 Å². The van der Waals surface area contributed by atoms with Crippen LogP contribution in [-0.2, 0) is 16.6 Å². The summed E-state index contributed by atoms with van der Waals surface area (Å²) < 4.78 is 1.67. The van der Waals surface area contributed by atoms with Crippen molar-refractivity contribution in [3.8, 4) is 28.5 Å². The number of benzene rings is 1. The van der Waals surface area contributed by atoms with E-state index < -0.39 is 5.54 Å². The molecule has 0 saturated carbocycles. The molecule has 3 aromatic rings. The summed E-state index contributed by atoms with van der Waals surface area (Å²) in [5, 5.41) is 21.3. The van der Waals surface area contributed by atoms with Gasteiger partial charge in [0.2, 0.25) is 5.91 Å². The minimum Gasteiger partial charge on any atom is -0.382 e. The second-order valence-electron chi connectivity index (χ2n) is 9.05. The molecule has 1 aliphatic rings. The van der Waals surface area contributed by atoms with Gasteiger partial charge in [0.05, 0.1) is 23.1 Å². The van der Waals surface area contributed by atoms with E-state index in [9.17, 15) is 14.9 Å². The van der Waals surface area contributed by atoms with Gasteiger partial charge in [0.15, 0.2) is 0 Å². The Morgan fingerprint density at radius 3 is 2.67 bits per heavy atom. The molecule has 1 aliphatic heterocycles. The number of piperazine rings is 1. The molecule has 36 heavy (non-hydrogen) atoms. The van der Waals surface area contributed by atoms with Crippen LogP contribution in [0.25, 0.3) is 22.4 Å². The largest absolute Gasteiger partial charge is 0.382 e. The van der Waals surface area contributed by atoms with E-state index in [1.165, 1.54) is 6.92 Å². The number of carbonyl (C=O) groups excluding carboxylic acids is 2. The van der Waals surface area contributed by atoms with Crippen molar-refractivity contribution in [3.05, 3.63) is 47.9 Å². The fourth-order valence-electron chi connectivity index (χ4n) is 4.56. The molecule has 1 aromatic carbocycles. The van der Waals surface area contributed by atoms with Gasteiger partial charge < -0.3 is 20.5 Å². The summed E-state index contributed by atoms with van der Waals surface area (Å²) in [4.78, 5) is 35.8. The smallest absolute Gasteiger partial charge is 0.252 e. The molecule has 3 heterocycles. The standard InChI is InChI=1S/C25H27N9O2/c1-15(35)34-8-7-33(24(36)25(34,2)3)21-9-16(5-6-17(21)11-26)20-10-19(18-12-30-32(4)13-18)22(31-20)23(28)29-14-27/h5-6,9-10,12-14,31H,7-8H2,1-4H3,(H3,27,28,29). The van der Waals surface area contributed by atoms with Crippen LogP contribution in [0.5, 0.6) is 0 Å². The lowest BCUT2D eigenvalue weighted by Gasteiger charge is -2.45. The van der Waals surface area contributed by atoms with Crippen LogP contribution < -0.4 is 10.6 Å². The normalized spacial score (nSPS) is 15.6. The number of amides is 2. The molecule has 0 spiro atoms. The van der Waals surface area contributed by atoms with Crippen LogP contribution in [0, 0.1) is 16.7 Å². The van der Waals surface area contributed by atoms with Crippen molar-refractivity contribution in [1.29, 1.82) is 10.7 Å². The Labute approximate surface area is 208 Å². The fraction of sp³-hybridized carbons (Fsp3) is 0.280. The topological polar surface area (TPSA) is 160 Å². The lowest BCUT2D eigenvalue weighted by molar-refractivity contribution is -0.145. The molecule has 0 radical (unpaired) electrons. The highest BCUT2D eigenvalue weighted by Crippen LogP contribution is 2.35. The van der Waals surface area contributed by atoms with E-state index in [0.29, 0.717) is 29.2 Å². The number of carbonyl (C=O) groups is 2. The predicted molar refractivity (Wildman–Crippen MR) is 136 cm³/mol. The third kappa shape index (κ3) is 4.13. The number of rotatable bonds is 5. The molecule has 0 aliphatic carbocycles. The van der Waals surface area contributed by atoms with Gasteiger partial charge in [-0.25, -0.2) is 4.99 Å². The highest BCUT2D eigenvalue weighted by molar-refractivity contribution is 6.06. The lowest BCUT2D eigenvalue weighted by Crippen LogP contribution is -2.64. The van der Waals surface area contributed by atoms with Gasteiger partial charge in [-0.1, -0.05) is 6.07 Å². The van der Waals surface area contributed by atoms with Crippen LogP contribution >= 0.6 is 0 Å². The maximum atomic E-state index is 13.4. The van der Waals surface area contributed by atoms with Gasteiger partial charge in [0, 0.05) is 55.6 Å². The number of aromatic nitrogens is 3. The Morgan fingerprint density at radius 1 is 1.31 bits per heavy atom. The zero-order valence-corrected chi connectivity index (χ0v) is 20.5. The summed E-state index contributed by atoms with van der Waals surface area (Å²) in [6.45, 7) is 5.50. The van der Waals surface area contributed by atoms with Crippen LogP contribution in [0.1, 0.15) is 32.0 Å². The number of nitrogens with zero attached hydrogens (tertiary/aromatic N) is 6. The van der Waals surface area contributed by atoms with Gasteiger partial charge in [0.25, 0.3) is 5.91 Å². The molecule has 4 N–H and O–H groups in total. The number of aliphatic imine (C=N–C) groups is 1. The average molecular weight is 486 g/mol. The molecular weight excluding hydrogens is 458 g/mol. The van der Waals surface area contributed by atoms with Crippen molar-refractivity contribution in [2.75, 3.05) is 18.0 Å². The molecule has 2 amide bonds. The Bertz CT molecular complexity index is 1440. The summed E-state index contributed by atoms with van der Waals surface area (Å²) in [6.07, 6.45) is 4.41. The van der Waals surface area contributed by atoms with Gasteiger partial charge in [0.1, 0.15) is 23.8 Å². The van der Waals surface area contributed by atoms with Gasteiger partial charge in [-0.05, 0) is 32.0 Å². The SMILES string of the molecule is CC(=O)N1CCN(c2cc(-c3cc(-c4cnn(C)c4)c(/C(N)=N\C=N)[nH]3)ccc2C#N)C(=O)C1(C)C. The first kappa shape index (κ1) is 24.4. The summed E-state index contributed by atoms with van der Waals surface area (Å²) >= 11 is 0. The van der Waals surface area contributed by atoms with Crippen molar-refractivity contribution < 1.29 is 9.59 Å². The molecular formula is C25H27N9O2. The third-order valence-electron chi connectivity index (χ3n) is 6.38. The molecule has 0 bridgehead atoms. The molecule has 4 rings (SSSR count). The van der Waals surface area contributed by atoms with Crippen LogP contribution in [-0.4, -0.2) is 62.3 Å². The summed E-state index contributed by atoms with van der Waals surface area (Å²) in [5.41, 5.74) is 9.41. The van der Waals surface area contributed by atoms with Gasteiger partial charge in [-0.2, -0.15) is 10.4 Å². The number of nitriles is 1. The van der Waals surface area contributed by atoms with E-state index in [1.54, 1.807) is 52.7 Å². The first-order chi connectivity index (χ1) is 17.1. The van der Waals surface area contributed by atoms with E-state index in [-0.39, 0.29) is 24.2 Å². The molecule has 0 atom stereocenters. The molecule has 11 heteroatoms. The minimum absolute atomic E-state index is 0.140. The minimum atomic E-state index is -1.04. The van der Waals surface area contributed by atoms with Crippen LogP contribution in [0.15, 0.2) is 41.7 Å². The van der Waals surface area contributed by atoms with E-state index >= 15 is 0 Å². The maximum Gasteiger partial charge on any atom is 0.252 e. The summed E-state index contributed by atoms with van der Waals surface area (Å²) in [5.74, 6) is -0.294. The first-order valence-corrected chi connectivity index (χ1v) is 11.3. The number of hydrogen-bond acceptors (Lipinski definition) is 5. The second kappa shape index (κ2) is 9.14. The number of amidine groups is 1. The maximum absolute atomic E-state index is 13.4. The second-order valence-corrected chi connectivity index (χ2v) is 9.05. The van der Waals surface area contributed by atoms with Crippen molar-refractivity contribution in [1.82, 2.24) is 19.7 Å². The molecule has 11 nitrogen and oxygen atoms in total. The van der Waals surface area contributed by atoms with E-state index in [0.717, 1.165) is 23.0 Å². The van der Waals surface area contributed by atoms with Gasteiger partial charge in [-0.15, -0.1) is 0 Å². The van der Waals surface area contributed by atoms with Crippen molar-refractivity contribution in [3.63, 3.8) is 0 Å². The third-order valence-corrected chi connectivity index (χ3v) is 6.38. The average Bonchev–Trinajstić information content (AvgIpc) is 3.47. The Hall–Kier alpha value is -4.72. The van der Waals surface area contributed by atoms with Gasteiger partial charge in [-0.3, -0.25) is 19.7 Å². The molecule has 2 aromatic heterocycles. The van der Waals surface area contributed by atoms with E-state index in [2.05, 4.69) is 21.1 Å². The van der Waals surface area contributed by atoms with E-state index in [4.69, 9.17) is 11.1 Å². The number of nitrogens with one attached hydrogen (secondary N) is 2. The van der Waals surface area contributed by atoms with E-state index in [1.807, 2.05) is 19.3 Å². The Kier molecular flexibility index (Phi) is 6.20. The predicted octanol–water partition coefficient (Wildman–Crippen LogP) is 2.24. The fourth-order valence-corrected chi connectivity index (χ4v) is 4.56. The van der Waals surface area contributed by atoms with Crippen LogP contribution in [0.3, 0.4) is 0 Å². The zero-order valence-electron chi connectivity index (χ0n) is 20.5. The lowest BCUT2D eigenvalue weighted by atomic mass is 9.95. The number of aromatic amines is 1. The molecule has 184 valence electrons. The monoisotopic (exact) mass is 485 g/mol. The summed E-state index contributed by atoms with van der Waals surface area (Å²) in [6, 6.07) is 9.30. The Morgan fingerprint density at radius 2 is 2.06 bits per heavy atom. The van der Waals surface area contributed by atoms with Crippen LogP contribution in [0.2, 0.25) is 0 Å².